The van der Waals surface area contributed by atoms with Crippen LogP contribution < -0.4 is 11.1 Å². The van der Waals surface area contributed by atoms with Gasteiger partial charge in [-0.25, -0.2) is 0 Å². The lowest BCUT2D eigenvalue weighted by Crippen LogP contribution is -2.32. The Bertz CT molecular complexity index is 436. The summed E-state index contributed by atoms with van der Waals surface area (Å²) in [5.74, 6) is 0.644. The van der Waals surface area contributed by atoms with Gasteiger partial charge in [-0.05, 0) is 41.9 Å². The highest BCUT2D eigenvalue weighted by Crippen LogP contribution is 2.51. The van der Waals surface area contributed by atoms with E-state index in [0.29, 0.717) is 23.4 Å². The molecule has 0 atom stereocenters. The van der Waals surface area contributed by atoms with Gasteiger partial charge in [0, 0.05) is 18.7 Å². The number of hydrogen-bond donors (Lipinski definition) is 2. The Labute approximate surface area is 109 Å². The van der Waals surface area contributed by atoms with Gasteiger partial charge in [0.2, 0.25) is 0 Å². The summed E-state index contributed by atoms with van der Waals surface area (Å²) in [6, 6.07) is 7.52. The summed E-state index contributed by atoms with van der Waals surface area (Å²) < 4.78 is 0. The average Bonchev–Trinajstić information content (AvgIpc) is 3.17. The summed E-state index contributed by atoms with van der Waals surface area (Å²) in [7, 11) is 0. The minimum atomic E-state index is 0.0113. The van der Waals surface area contributed by atoms with Crippen molar-refractivity contribution in [2.75, 3.05) is 6.54 Å². The molecule has 1 aromatic rings. The number of amides is 1. The standard InChI is InChI=1S/C15H22N2O/c1-11(2)15(6-7-15)10-17-14(18)13-5-3-4-12(8-13)9-16/h3-5,8,11H,6-7,9-10,16H2,1-2H3,(H,17,18). The Morgan fingerprint density at radius 2 is 2.17 bits per heavy atom. The largest absolute Gasteiger partial charge is 0.351 e. The molecule has 1 aromatic carbocycles. The Balaban J connectivity index is 1.95. The highest BCUT2D eigenvalue weighted by Gasteiger charge is 2.45. The van der Waals surface area contributed by atoms with Crippen LogP contribution in [0.5, 0.6) is 0 Å². The Hall–Kier alpha value is -1.35. The minimum Gasteiger partial charge on any atom is -0.351 e. The molecule has 0 bridgehead atoms. The van der Waals surface area contributed by atoms with Gasteiger partial charge in [-0.1, -0.05) is 26.0 Å². The first-order valence-corrected chi connectivity index (χ1v) is 6.64. The minimum absolute atomic E-state index is 0.0113. The molecule has 0 spiro atoms. The molecule has 1 fully saturated rings. The van der Waals surface area contributed by atoms with Gasteiger partial charge in [0.05, 0.1) is 0 Å². The number of carbonyl (C=O) groups is 1. The van der Waals surface area contributed by atoms with Crippen LogP contribution in [-0.2, 0) is 6.54 Å². The van der Waals surface area contributed by atoms with Gasteiger partial charge in [0.1, 0.15) is 0 Å². The van der Waals surface area contributed by atoms with Crippen LogP contribution in [0.15, 0.2) is 24.3 Å². The van der Waals surface area contributed by atoms with Gasteiger partial charge in [0.25, 0.3) is 5.91 Å². The average molecular weight is 246 g/mol. The van der Waals surface area contributed by atoms with E-state index in [4.69, 9.17) is 5.73 Å². The second-order valence-electron chi connectivity index (χ2n) is 5.60. The van der Waals surface area contributed by atoms with Crippen LogP contribution in [-0.4, -0.2) is 12.5 Å². The summed E-state index contributed by atoms with van der Waals surface area (Å²) in [5.41, 5.74) is 7.63. The summed E-state index contributed by atoms with van der Waals surface area (Å²) >= 11 is 0. The maximum atomic E-state index is 12.1. The van der Waals surface area contributed by atoms with Crippen LogP contribution in [0.25, 0.3) is 0 Å². The molecular weight excluding hydrogens is 224 g/mol. The molecule has 18 heavy (non-hydrogen) atoms. The van der Waals surface area contributed by atoms with Crippen LogP contribution in [0, 0.1) is 11.3 Å². The molecule has 3 nitrogen and oxygen atoms in total. The van der Waals surface area contributed by atoms with Crippen LogP contribution in [0.3, 0.4) is 0 Å². The summed E-state index contributed by atoms with van der Waals surface area (Å²) in [6.45, 7) is 5.72. The lowest BCUT2D eigenvalue weighted by atomic mass is 9.92. The van der Waals surface area contributed by atoms with Crippen LogP contribution in [0.1, 0.15) is 42.6 Å². The first-order valence-electron chi connectivity index (χ1n) is 6.64. The third-order valence-electron chi connectivity index (χ3n) is 4.14. The fourth-order valence-corrected chi connectivity index (χ4v) is 2.32. The lowest BCUT2D eigenvalue weighted by Gasteiger charge is -2.20. The maximum absolute atomic E-state index is 12.1. The third-order valence-corrected chi connectivity index (χ3v) is 4.14. The Morgan fingerprint density at radius 1 is 1.44 bits per heavy atom. The van der Waals surface area contributed by atoms with Crippen molar-refractivity contribution in [3.63, 3.8) is 0 Å². The number of rotatable bonds is 5. The molecule has 0 saturated heterocycles. The van der Waals surface area contributed by atoms with Crippen molar-refractivity contribution in [1.82, 2.24) is 5.32 Å². The predicted molar refractivity (Wildman–Crippen MR) is 73.2 cm³/mol. The predicted octanol–water partition coefficient (Wildman–Crippen LogP) is 2.31. The lowest BCUT2D eigenvalue weighted by molar-refractivity contribution is 0.0939. The first-order chi connectivity index (χ1) is 8.57. The molecule has 1 aliphatic rings. The summed E-state index contributed by atoms with van der Waals surface area (Å²) in [5, 5.41) is 3.05. The zero-order chi connectivity index (χ0) is 13.2. The molecule has 3 N–H and O–H groups in total. The number of nitrogens with one attached hydrogen (secondary N) is 1. The van der Waals surface area contributed by atoms with Crippen LogP contribution in [0.4, 0.5) is 0 Å². The van der Waals surface area contributed by atoms with Gasteiger partial charge in [-0.2, -0.15) is 0 Å². The first kappa shape index (κ1) is 13.1. The van der Waals surface area contributed by atoms with E-state index >= 15 is 0 Å². The number of nitrogens with two attached hydrogens (primary N) is 1. The third kappa shape index (κ3) is 2.72. The molecule has 1 aliphatic carbocycles. The maximum Gasteiger partial charge on any atom is 0.251 e. The highest BCUT2D eigenvalue weighted by molar-refractivity contribution is 5.94. The quantitative estimate of drug-likeness (QED) is 0.837. The van der Waals surface area contributed by atoms with Gasteiger partial charge in [0.15, 0.2) is 0 Å². The van der Waals surface area contributed by atoms with Crippen molar-refractivity contribution < 1.29 is 4.79 Å². The van der Waals surface area contributed by atoms with E-state index in [9.17, 15) is 4.79 Å². The van der Waals surface area contributed by atoms with Gasteiger partial charge in [-0.15, -0.1) is 0 Å². The van der Waals surface area contributed by atoms with Crippen molar-refractivity contribution in [3.8, 4) is 0 Å². The molecule has 3 heteroatoms. The fourth-order valence-electron chi connectivity index (χ4n) is 2.32. The van der Waals surface area contributed by atoms with Gasteiger partial charge >= 0.3 is 0 Å². The van der Waals surface area contributed by atoms with Gasteiger partial charge in [-0.3, -0.25) is 4.79 Å². The van der Waals surface area contributed by atoms with E-state index in [1.807, 2.05) is 24.3 Å². The Kier molecular flexibility index (Phi) is 3.71. The molecule has 0 unspecified atom stereocenters. The molecule has 1 saturated carbocycles. The zero-order valence-electron chi connectivity index (χ0n) is 11.2. The summed E-state index contributed by atoms with van der Waals surface area (Å²) in [4.78, 5) is 12.1. The molecule has 2 rings (SSSR count). The van der Waals surface area contributed by atoms with E-state index in [1.165, 1.54) is 12.8 Å². The molecular formula is C15H22N2O. The zero-order valence-corrected chi connectivity index (χ0v) is 11.2. The molecule has 0 aliphatic heterocycles. The number of carbonyl (C=O) groups excluding carboxylic acids is 1. The second kappa shape index (κ2) is 5.11. The SMILES string of the molecule is CC(C)C1(CNC(=O)c2cccc(CN)c2)CC1. The highest BCUT2D eigenvalue weighted by atomic mass is 16.1. The van der Waals surface area contributed by atoms with Crippen LogP contribution >= 0.6 is 0 Å². The van der Waals surface area contributed by atoms with Crippen molar-refractivity contribution >= 4 is 5.91 Å². The Morgan fingerprint density at radius 3 is 2.72 bits per heavy atom. The molecule has 0 aromatic heterocycles. The smallest absolute Gasteiger partial charge is 0.251 e. The number of hydrogen-bond acceptors (Lipinski definition) is 2. The van der Waals surface area contributed by atoms with E-state index in [0.717, 1.165) is 12.1 Å². The monoisotopic (exact) mass is 246 g/mol. The fraction of sp³-hybridized carbons (Fsp3) is 0.533. The van der Waals surface area contributed by atoms with E-state index in [2.05, 4.69) is 19.2 Å². The van der Waals surface area contributed by atoms with E-state index < -0.39 is 0 Å². The molecule has 0 radical (unpaired) electrons. The normalized spacial score (nSPS) is 16.7. The molecule has 98 valence electrons. The topological polar surface area (TPSA) is 55.1 Å². The van der Waals surface area contributed by atoms with Crippen molar-refractivity contribution in [1.29, 1.82) is 0 Å². The second-order valence-corrected chi connectivity index (χ2v) is 5.60. The van der Waals surface area contributed by atoms with E-state index in [1.54, 1.807) is 0 Å². The molecule has 1 amide bonds. The van der Waals surface area contributed by atoms with Crippen molar-refractivity contribution in [3.05, 3.63) is 35.4 Å². The number of benzene rings is 1. The molecule has 0 heterocycles. The van der Waals surface area contributed by atoms with Crippen molar-refractivity contribution in [2.45, 2.75) is 33.2 Å². The summed E-state index contributed by atoms with van der Waals surface area (Å²) in [6.07, 6.45) is 2.46. The van der Waals surface area contributed by atoms with Crippen LogP contribution in [0.2, 0.25) is 0 Å². The van der Waals surface area contributed by atoms with Gasteiger partial charge < -0.3 is 11.1 Å². The van der Waals surface area contributed by atoms with E-state index in [-0.39, 0.29) is 5.91 Å². The van der Waals surface area contributed by atoms with Crippen molar-refractivity contribution in [2.24, 2.45) is 17.1 Å².